The molecular weight excluding hydrogens is 921 g/mol. The van der Waals surface area contributed by atoms with E-state index in [0.717, 1.165) is 44.5 Å². The van der Waals surface area contributed by atoms with E-state index in [2.05, 4.69) is 238 Å². The number of benzene rings is 10. The number of hydrogen-bond donors (Lipinski definition) is 0. The summed E-state index contributed by atoms with van der Waals surface area (Å²) in [5, 5.41) is 2.38. The predicted molar refractivity (Wildman–Crippen MR) is 299 cm³/mol. The van der Waals surface area contributed by atoms with Gasteiger partial charge >= 0.3 is 353 Å². The van der Waals surface area contributed by atoms with Crippen molar-refractivity contribution in [3.63, 3.8) is 0 Å². The van der Waals surface area contributed by atoms with Gasteiger partial charge in [0.2, 0.25) is 0 Å². The van der Waals surface area contributed by atoms with Gasteiger partial charge in [0.1, 0.15) is 0 Å². The van der Waals surface area contributed by atoms with E-state index in [1.54, 1.807) is 0 Å². The first-order chi connectivity index (χ1) is 34.9. The second-order valence-corrected chi connectivity index (χ2v) is 26.5. The number of rotatable bonds is 10. The molecule has 0 saturated carbocycles. The number of aromatic nitrogens is 4. The van der Waals surface area contributed by atoms with E-state index >= 15 is 0 Å². The van der Waals surface area contributed by atoms with Crippen LogP contribution in [0, 0.1) is 20.8 Å². The summed E-state index contributed by atoms with van der Waals surface area (Å²) in [7, 11) is 0. The minimum atomic E-state index is -3.60. The van der Waals surface area contributed by atoms with E-state index in [1.165, 1.54) is 56.2 Å². The molecule has 12 aromatic rings. The van der Waals surface area contributed by atoms with Gasteiger partial charge in [-0.3, -0.25) is 0 Å². The van der Waals surface area contributed by atoms with Gasteiger partial charge in [-0.25, -0.2) is 0 Å². The molecule has 0 radical (unpaired) electrons. The summed E-state index contributed by atoms with van der Waals surface area (Å²) in [6.45, 7) is 6.62. The van der Waals surface area contributed by atoms with Crippen LogP contribution in [0.1, 0.15) is 16.7 Å². The molecule has 4 nitrogen and oxygen atoms in total. The van der Waals surface area contributed by atoms with Crippen molar-refractivity contribution in [3.8, 4) is 62.1 Å². The molecule has 12 rings (SSSR count). The quantitative estimate of drug-likeness (QED) is 0.128. The molecule has 0 N–H and O–H groups in total. The van der Waals surface area contributed by atoms with Crippen molar-refractivity contribution in [3.05, 3.63) is 265 Å². The molecule has 0 unspecified atom stereocenters. The zero-order chi connectivity index (χ0) is 47.9. The van der Waals surface area contributed by atoms with Crippen molar-refractivity contribution < 1.29 is 0 Å². The monoisotopic (exact) mass is 972 g/mol. The zero-order valence-electron chi connectivity index (χ0n) is 40.0. The SMILES string of the molecule is Cc1cc(C)c(-c2ccc3c(c2)c2ccccc2n3-c2ccc(-c3ccc[c]([Ge]([c]4ccccc4)([c]4ccccc4)[c]4ccccc4)c3)cc2-c2nc(-c3ccccc3)nc(-c3ccccc3)n2)c(C)c1. The van der Waals surface area contributed by atoms with Gasteiger partial charge in [-0.05, 0) is 37.5 Å². The Balaban J connectivity index is 1.13. The summed E-state index contributed by atoms with van der Waals surface area (Å²) in [6, 6.07) is 90.6. The first kappa shape index (κ1) is 43.8. The van der Waals surface area contributed by atoms with Crippen molar-refractivity contribution in [1.82, 2.24) is 19.5 Å². The second-order valence-electron chi connectivity index (χ2n) is 18.6. The van der Waals surface area contributed by atoms with E-state index in [1.807, 2.05) is 36.4 Å². The van der Waals surface area contributed by atoms with E-state index in [9.17, 15) is 0 Å². The van der Waals surface area contributed by atoms with Crippen LogP contribution >= 0.6 is 0 Å². The Hall–Kier alpha value is -8.45. The van der Waals surface area contributed by atoms with Gasteiger partial charge in [-0.2, -0.15) is 0 Å². The third-order valence-corrected chi connectivity index (χ3v) is 24.1. The van der Waals surface area contributed by atoms with Crippen molar-refractivity contribution in [2.45, 2.75) is 20.8 Å². The van der Waals surface area contributed by atoms with Crippen LogP contribution in [0.5, 0.6) is 0 Å². The molecule has 71 heavy (non-hydrogen) atoms. The average Bonchev–Trinajstić information content (AvgIpc) is 3.75. The number of hydrogen-bond acceptors (Lipinski definition) is 3. The molecule has 0 aliphatic carbocycles. The van der Waals surface area contributed by atoms with Gasteiger partial charge in [0, 0.05) is 0 Å². The molecule has 0 aliphatic rings. The van der Waals surface area contributed by atoms with Crippen LogP contribution in [-0.2, 0) is 0 Å². The second kappa shape index (κ2) is 18.5. The normalized spacial score (nSPS) is 11.6. The molecule has 5 heteroatoms. The van der Waals surface area contributed by atoms with Crippen LogP contribution in [0.4, 0.5) is 0 Å². The molecule has 0 amide bonds. The Kier molecular flexibility index (Phi) is 11.4. The van der Waals surface area contributed by atoms with Crippen molar-refractivity contribution in [2.75, 3.05) is 0 Å². The first-order valence-corrected chi connectivity index (χ1v) is 28.5. The molecule has 0 atom stereocenters. The zero-order valence-corrected chi connectivity index (χ0v) is 42.1. The molecule has 338 valence electrons. The van der Waals surface area contributed by atoms with Gasteiger partial charge in [0.25, 0.3) is 0 Å². The molecule has 2 heterocycles. The number of fused-ring (bicyclic) bond motifs is 3. The number of para-hydroxylation sites is 1. The Labute approximate surface area is 418 Å². The van der Waals surface area contributed by atoms with Gasteiger partial charge in [0.05, 0.1) is 0 Å². The molecule has 0 spiro atoms. The maximum atomic E-state index is 5.39. The van der Waals surface area contributed by atoms with Gasteiger partial charge < -0.3 is 0 Å². The molecule has 10 aromatic carbocycles. The summed E-state index contributed by atoms with van der Waals surface area (Å²) in [6.07, 6.45) is 0. The molecule has 2 aromatic heterocycles. The average molecular weight is 972 g/mol. The Bertz CT molecular complexity index is 3710. The predicted octanol–water partition coefficient (Wildman–Crippen LogP) is 13.6. The van der Waals surface area contributed by atoms with Crippen molar-refractivity contribution in [1.29, 1.82) is 0 Å². The fourth-order valence-electron chi connectivity index (χ4n) is 11.0. The summed E-state index contributed by atoms with van der Waals surface area (Å²) in [5.74, 6) is 1.84. The standard InChI is InChI=1S/C66H50GeN4/c1-45-40-46(2)63(47(3)41-45)52-37-39-61-58(44-52)57-34-19-20-35-60(57)71(61)62-38-36-51(43-59(62)66-69-64(48-22-9-4-10-23-48)68-65(70-66)49-24-11-5-12-25-49)50-26-21-33-56(42-50)67(53-27-13-6-14-28-53,54-29-15-7-16-30-54)55-31-17-8-18-32-55/h4-44H,1-3H3. The van der Waals surface area contributed by atoms with Crippen LogP contribution in [0.2, 0.25) is 0 Å². The van der Waals surface area contributed by atoms with Gasteiger partial charge in [0.15, 0.2) is 0 Å². The third kappa shape index (κ3) is 7.87. The Morgan fingerprint density at radius 2 is 0.775 bits per heavy atom. The number of aryl methyl sites for hydroxylation is 3. The minimum absolute atomic E-state index is 0.601. The summed E-state index contributed by atoms with van der Waals surface area (Å²) in [4.78, 5) is 15.9. The summed E-state index contributed by atoms with van der Waals surface area (Å²) < 4.78 is 7.91. The van der Waals surface area contributed by atoms with Gasteiger partial charge in [-0.15, -0.1) is 0 Å². The van der Waals surface area contributed by atoms with Crippen LogP contribution in [0.25, 0.3) is 83.9 Å². The Morgan fingerprint density at radius 3 is 1.35 bits per heavy atom. The molecule has 0 saturated heterocycles. The van der Waals surface area contributed by atoms with Crippen LogP contribution in [-0.4, -0.2) is 32.8 Å². The summed E-state index contributed by atoms with van der Waals surface area (Å²) in [5.41, 5.74) is 14.5. The maximum absolute atomic E-state index is 5.39. The molecule has 0 bridgehead atoms. The fourth-order valence-corrected chi connectivity index (χ4v) is 21.1. The smallest absolute Gasteiger partial charge is 0.0391 e. The number of nitrogens with zero attached hydrogens (tertiary/aromatic N) is 4. The maximum Gasteiger partial charge on any atom is -0.0391 e. The first-order valence-electron chi connectivity index (χ1n) is 24.3. The van der Waals surface area contributed by atoms with Crippen LogP contribution < -0.4 is 17.6 Å². The third-order valence-electron chi connectivity index (χ3n) is 14.1. The van der Waals surface area contributed by atoms with E-state index in [0.29, 0.717) is 17.5 Å². The Morgan fingerprint density at radius 1 is 0.324 bits per heavy atom. The molecule has 0 aliphatic heterocycles. The largest absolute Gasteiger partial charge is 0.0557 e. The fraction of sp³-hybridized carbons (Fsp3) is 0.0455. The van der Waals surface area contributed by atoms with Crippen LogP contribution in [0.3, 0.4) is 0 Å². The minimum Gasteiger partial charge on any atom is -0.0557 e. The topological polar surface area (TPSA) is 43.6 Å². The van der Waals surface area contributed by atoms with Crippen LogP contribution in [0.15, 0.2) is 249 Å². The molecule has 0 fully saturated rings. The van der Waals surface area contributed by atoms with Gasteiger partial charge in [-0.1, -0.05) is 29.8 Å². The van der Waals surface area contributed by atoms with E-state index in [-0.39, 0.29) is 0 Å². The van der Waals surface area contributed by atoms with Crippen molar-refractivity contribution >= 4 is 52.7 Å². The summed E-state index contributed by atoms with van der Waals surface area (Å²) >= 11 is -3.60. The molecular formula is C66H50GeN4. The van der Waals surface area contributed by atoms with E-state index in [4.69, 9.17) is 15.0 Å². The van der Waals surface area contributed by atoms with E-state index < -0.39 is 13.3 Å². The van der Waals surface area contributed by atoms with Crippen molar-refractivity contribution in [2.24, 2.45) is 0 Å².